The quantitative estimate of drug-likeness (QED) is 0.714. The maximum Gasteiger partial charge on any atom is 0.320 e. The average Bonchev–Trinajstić information content (AvgIpc) is 3.47. The number of anilines is 1. The van der Waals surface area contributed by atoms with Gasteiger partial charge in [0.2, 0.25) is 5.91 Å². The molecular weight excluding hydrogens is 368 g/mol. The molecule has 1 fully saturated rings. The van der Waals surface area contributed by atoms with Crippen LogP contribution in [-0.2, 0) is 9.59 Å². The first-order chi connectivity index (χ1) is 12.9. The van der Waals surface area contributed by atoms with Crippen LogP contribution in [-0.4, -0.2) is 40.5 Å². The van der Waals surface area contributed by atoms with Gasteiger partial charge < -0.3 is 15.2 Å². The Labute approximate surface area is 162 Å². The molecule has 0 aromatic heterocycles. The van der Waals surface area contributed by atoms with E-state index in [-0.39, 0.29) is 18.5 Å². The molecule has 6 nitrogen and oxygen atoms in total. The van der Waals surface area contributed by atoms with Crippen molar-refractivity contribution in [3.8, 4) is 11.5 Å². The molecule has 142 valence electrons. The summed E-state index contributed by atoms with van der Waals surface area (Å²) in [5.74, 6) is -0.00978. The second-order valence-electron chi connectivity index (χ2n) is 6.52. The van der Waals surface area contributed by atoms with Crippen LogP contribution in [0.4, 0.5) is 5.69 Å². The van der Waals surface area contributed by atoms with Crippen LogP contribution in [0.1, 0.15) is 19.8 Å². The summed E-state index contributed by atoms with van der Waals surface area (Å²) in [5.41, 5.74) is 0.616. The minimum Gasteiger partial charge on any atom is -0.480 e. The van der Waals surface area contributed by atoms with Crippen molar-refractivity contribution in [2.75, 3.05) is 11.9 Å². The van der Waals surface area contributed by atoms with E-state index < -0.39 is 12.0 Å². The molecule has 2 N–H and O–H groups in total. The topological polar surface area (TPSA) is 78.9 Å². The molecule has 0 spiro atoms. The number of aliphatic carboxylic acids is 1. The van der Waals surface area contributed by atoms with Crippen molar-refractivity contribution in [2.45, 2.75) is 31.8 Å². The summed E-state index contributed by atoms with van der Waals surface area (Å²) in [4.78, 5) is 25.3. The third kappa shape index (κ3) is 5.21. The number of carbonyl (C=O) groups excluding carboxylic acids is 1. The van der Waals surface area contributed by atoms with E-state index in [0.29, 0.717) is 22.2 Å². The Morgan fingerprint density at radius 3 is 2.48 bits per heavy atom. The normalized spacial score (nSPS) is 14.6. The van der Waals surface area contributed by atoms with Crippen LogP contribution in [0.5, 0.6) is 11.5 Å². The van der Waals surface area contributed by atoms with E-state index >= 15 is 0 Å². The first-order valence-electron chi connectivity index (χ1n) is 8.75. The number of amides is 1. The highest BCUT2D eigenvalue weighted by Gasteiger charge is 2.36. The minimum atomic E-state index is -0.921. The van der Waals surface area contributed by atoms with Gasteiger partial charge in [0.05, 0.1) is 11.6 Å². The molecule has 1 saturated carbocycles. The number of hydrogen-bond donors (Lipinski definition) is 2. The lowest BCUT2D eigenvalue weighted by Gasteiger charge is -2.25. The SMILES string of the molecule is CC(C(=O)O)N(CC(=O)Nc1ccc(Oc2ccccc2Cl)cc1)C1CC1. The number of carbonyl (C=O) groups is 2. The zero-order chi connectivity index (χ0) is 19.4. The molecule has 1 aliphatic carbocycles. The highest BCUT2D eigenvalue weighted by Crippen LogP contribution is 2.30. The van der Waals surface area contributed by atoms with Crippen molar-refractivity contribution in [1.82, 2.24) is 4.90 Å². The third-order valence-electron chi connectivity index (χ3n) is 4.40. The number of carboxylic acid groups (broad SMARTS) is 1. The second-order valence-corrected chi connectivity index (χ2v) is 6.93. The van der Waals surface area contributed by atoms with Gasteiger partial charge in [0, 0.05) is 11.7 Å². The Morgan fingerprint density at radius 1 is 1.22 bits per heavy atom. The second kappa shape index (κ2) is 8.41. The summed E-state index contributed by atoms with van der Waals surface area (Å²) in [5, 5.41) is 12.5. The molecule has 0 heterocycles. The number of para-hydroxylation sites is 1. The van der Waals surface area contributed by atoms with Crippen molar-refractivity contribution in [3.05, 3.63) is 53.6 Å². The zero-order valence-electron chi connectivity index (χ0n) is 14.9. The van der Waals surface area contributed by atoms with Crippen LogP contribution in [0, 0.1) is 0 Å². The van der Waals surface area contributed by atoms with E-state index in [9.17, 15) is 14.7 Å². The molecule has 1 aliphatic rings. The number of halogens is 1. The lowest BCUT2D eigenvalue weighted by atomic mass is 10.2. The summed E-state index contributed by atoms with van der Waals surface area (Å²) in [7, 11) is 0. The van der Waals surface area contributed by atoms with E-state index in [1.807, 2.05) is 12.1 Å². The Morgan fingerprint density at radius 2 is 1.89 bits per heavy atom. The lowest BCUT2D eigenvalue weighted by Crippen LogP contribution is -2.44. The number of hydrogen-bond acceptors (Lipinski definition) is 4. The van der Waals surface area contributed by atoms with E-state index in [4.69, 9.17) is 16.3 Å². The number of nitrogens with one attached hydrogen (secondary N) is 1. The van der Waals surface area contributed by atoms with Gasteiger partial charge in [0.1, 0.15) is 17.5 Å². The molecule has 0 radical (unpaired) electrons. The summed E-state index contributed by atoms with van der Waals surface area (Å²) in [6.45, 7) is 1.66. The van der Waals surface area contributed by atoms with Crippen molar-refractivity contribution in [1.29, 1.82) is 0 Å². The minimum absolute atomic E-state index is 0.0516. The Bertz CT molecular complexity index is 821. The van der Waals surface area contributed by atoms with Crippen molar-refractivity contribution in [2.24, 2.45) is 0 Å². The highest BCUT2D eigenvalue weighted by atomic mass is 35.5. The van der Waals surface area contributed by atoms with Crippen LogP contribution in [0.25, 0.3) is 0 Å². The molecule has 0 aliphatic heterocycles. The van der Waals surface area contributed by atoms with E-state index in [1.54, 1.807) is 48.2 Å². The highest BCUT2D eigenvalue weighted by molar-refractivity contribution is 6.32. The molecule has 1 atom stereocenters. The molecule has 7 heteroatoms. The van der Waals surface area contributed by atoms with Crippen molar-refractivity contribution < 1.29 is 19.4 Å². The predicted octanol–water partition coefficient (Wildman–Crippen LogP) is 4.01. The Balaban J connectivity index is 1.58. The number of carboxylic acids is 1. The predicted molar refractivity (Wildman–Crippen MR) is 103 cm³/mol. The van der Waals surface area contributed by atoms with Gasteiger partial charge >= 0.3 is 5.97 Å². The molecule has 0 saturated heterocycles. The van der Waals surface area contributed by atoms with E-state index in [2.05, 4.69) is 5.32 Å². The van der Waals surface area contributed by atoms with Gasteiger partial charge in [-0.15, -0.1) is 0 Å². The molecule has 27 heavy (non-hydrogen) atoms. The Hall–Kier alpha value is -2.57. The van der Waals surface area contributed by atoms with Gasteiger partial charge in [-0.05, 0) is 56.2 Å². The molecule has 1 amide bonds. The number of benzene rings is 2. The maximum atomic E-state index is 12.3. The van der Waals surface area contributed by atoms with Gasteiger partial charge in [0.25, 0.3) is 0 Å². The van der Waals surface area contributed by atoms with Gasteiger partial charge in [-0.1, -0.05) is 23.7 Å². The van der Waals surface area contributed by atoms with Gasteiger partial charge in [-0.25, -0.2) is 0 Å². The van der Waals surface area contributed by atoms with Crippen LogP contribution >= 0.6 is 11.6 Å². The molecular formula is C20H21ClN2O4. The first kappa shape index (κ1) is 19.2. The molecule has 1 unspecified atom stereocenters. The van der Waals surface area contributed by atoms with Crippen molar-refractivity contribution >= 4 is 29.2 Å². The molecule has 2 aromatic rings. The van der Waals surface area contributed by atoms with Gasteiger partial charge in [-0.3, -0.25) is 14.5 Å². The summed E-state index contributed by atoms with van der Waals surface area (Å²) >= 11 is 6.07. The monoisotopic (exact) mass is 388 g/mol. The number of nitrogens with zero attached hydrogens (tertiary/aromatic N) is 1. The van der Waals surface area contributed by atoms with E-state index in [0.717, 1.165) is 12.8 Å². The molecule has 0 bridgehead atoms. The van der Waals surface area contributed by atoms with Crippen LogP contribution in [0.15, 0.2) is 48.5 Å². The fourth-order valence-corrected chi connectivity index (χ4v) is 2.93. The van der Waals surface area contributed by atoms with E-state index in [1.165, 1.54) is 0 Å². The number of rotatable bonds is 8. The maximum absolute atomic E-state index is 12.3. The fraction of sp³-hybridized carbons (Fsp3) is 0.300. The standard InChI is InChI=1S/C20H21ClN2O4/c1-13(20(25)26)23(15-8-9-15)12-19(24)22-14-6-10-16(11-7-14)27-18-5-3-2-4-17(18)21/h2-7,10-11,13,15H,8-9,12H2,1H3,(H,22,24)(H,25,26). The number of ether oxygens (including phenoxy) is 1. The first-order valence-corrected chi connectivity index (χ1v) is 9.12. The third-order valence-corrected chi connectivity index (χ3v) is 4.71. The molecule has 3 rings (SSSR count). The Kier molecular flexibility index (Phi) is 5.98. The summed E-state index contributed by atoms with van der Waals surface area (Å²) in [6, 6.07) is 13.6. The average molecular weight is 389 g/mol. The van der Waals surface area contributed by atoms with Gasteiger partial charge in [-0.2, -0.15) is 0 Å². The molecule has 2 aromatic carbocycles. The smallest absolute Gasteiger partial charge is 0.320 e. The van der Waals surface area contributed by atoms with Crippen LogP contribution in [0.3, 0.4) is 0 Å². The van der Waals surface area contributed by atoms with Crippen LogP contribution < -0.4 is 10.1 Å². The van der Waals surface area contributed by atoms with Crippen molar-refractivity contribution in [3.63, 3.8) is 0 Å². The fourth-order valence-electron chi connectivity index (χ4n) is 2.76. The lowest BCUT2D eigenvalue weighted by molar-refractivity contribution is -0.143. The summed E-state index contributed by atoms with van der Waals surface area (Å²) < 4.78 is 5.71. The zero-order valence-corrected chi connectivity index (χ0v) is 15.6. The van der Waals surface area contributed by atoms with Gasteiger partial charge in [0.15, 0.2) is 0 Å². The van der Waals surface area contributed by atoms with Crippen LogP contribution in [0.2, 0.25) is 5.02 Å². The summed E-state index contributed by atoms with van der Waals surface area (Å²) in [6.07, 6.45) is 1.86. The largest absolute Gasteiger partial charge is 0.480 e.